The zero-order chi connectivity index (χ0) is 19.3. The van der Waals surface area contributed by atoms with Crippen molar-refractivity contribution in [3.8, 4) is 0 Å². The van der Waals surface area contributed by atoms with Gasteiger partial charge in [0.15, 0.2) is 0 Å². The summed E-state index contributed by atoms with van der Waals surface area (Å²) in [4.78, 5) is 4.32. The van der Waals surface area contributed by atoms with E-state index in [1.165, 1.54) is 12.1 Å². The molecule has 0 spiro atoms. The van der Waals surface area contributed by atoms with Crippen molar-refractivity contribution >= 4 is 28.3 Å². The van der Waals surface area contributed by atoms with Gasteiger partial charge in [-0.05, 0) is 36.2 Å². The molecule has 5 atom stereocenters. The highest BCUT2D eigenvalue weighted by Crippen LogP contribution is 2.43. The van der Waals surface area contributed by atoms with Crippen LogP contribution in [0.1, 0.15) is 24.1 Å². The molecule has 0 bridgehead atoms. The molecular weight excluding hydrogens is 373 g/mol. The van der Waals surface area contributed by atoms with Gasteiger partial charge in [0.25, 0.3) is 0 Å². The van der Waals surface area contributed by atoms with Gasteiger partial charge in [0, 0.05) is 29.4 Å². The topological polar surface area (TPSA) is 105 Å². The van der Waals surface area contributed by atoms with Crippen LogP contribution in [0.4, 0.5) is 10.1 Å². The molecule has 2 aromatic heterocycles. The van der Waals surface area contributed by atoms with E-state index in [9.17, 15) is 19.7 Å². The molecule has 1 aliphatic carbocycles. The van der Waals surface area contributed by atoms with Gasteiger partial charge in [-0.1, -0.05) is 17.7 Å². The summed E-state index contributed by atoms with van der Waals surface area (Å²) in [7, 11) is 0. The van der Waals surface area contributed by atoms with E-state index in [1.54, 1.807) is 29.1 Å². The Labute approximate surface area is 159 Å². The molecule has 1 aliphatic rings. The van der Waals surface area contributed by atoms with Crippen LogP contribution in [-0.4, -0.2) is 37.1 Å². The zero-order valence-corrected chi connectivity index (χ0v) is 15.0. The molecule has 142 valence electrons. The van der Waals surface area contributed by atoms with Crippen LogP contribution < -0.4 is 5.73 Å². The first-order chi connectivity index (χ1) is 12.9. The van der Waals surface area contributed by atoms with E-state index in [0.717, 1.165) is 11.5 Å². The van der Waals surface area contributed by atoms with Crippen molar-refractivity contribution in [2.45, 2.75) is 30.8 Å². The maximum absolute atomic E-state index is 13.7. The first kappa shape index (κ1) is 18.2. The summed E-state index contributed by atoms with van der Waals surface area (Å²) in [6.07, 6.45) is 0.183. The number of pyridine rings is 1. The standard InChI is InChI=1S/C19H19ClFN3O3/c20-12-2-1-9(7-13(12)21)16(25)11-8-15(18(27)17(11)26)24-6-4-10-14(22)3-5-23-19(10)24/h1-7,11,15-18,25-27H,8H2,(H2,22,23)/t11?,15?,16-,17+,18-/m0/s1. The SMILES string of the molecule is Nc1ccnc2c1ccn2C1CC([C@@H](O)c2ccc(Cl)c(F)c2)[C@@H](O)[C@H]1O. The lowest BCUT2D eigenvalue weighted by atomic mass is 9.92. The Balaban J connectivity index is 1.66. The highest BCUT2D eigenvalue weighted by molar-refractivity contribution is 6.30. The lowest BCUT2D eigenvalue weighted by molar-refractivity contribution is -0.0265. The number of aliphatic hydroxyl groups excluding tert-OH is 3. The largest absolute Gasteiger partial charge is 0.398 e. The summed E-state index contributed by atoms with van der Waals surface area (Å²) in [6.45, 7) is 0. The molecule has 2 heterocycles. The molecule has 6 nitrogen and oxygen atoms in total. The van der Waals surface area contributed by atoms with Gasteiger partial charge in [-0.3, -0.25) is 0 Å². The summed E-state index contributed by atoms with van der Waals surface area (Å²) in [5.41, 5.74) is 7.42. The Bertz CT molecular complexity index is 995. The molecule has 0 amide bonds. The number of rotatable bonds is 3. The van der Waals surface area contributed by atoms with Crippen LogP contribution in [0.5, 0.6) is 0 Å². The fourth-order valence-corrected chi connectivity index (χ4v) is 4.04. The van der Waals surface area contributed by atoms with Gasteiger partial charge in [-0.25, -0.2) is 9.37 Å². The monoisotopic (exact) mass is 391 g/mol. The summed E-state index contributed by atoms with van der Waals surface area (Å²) < 4.78 is 15.5. The molecule has 27 heavy (non-hydrogen) atoms. The number of aliphatic hydroxyl groups is 3. The van der Waals surface area contributed by atoms with Crippen molar-refractivity contribution in [1.29, 1.82) is 0 Å². The van der Waals surface area contributed by atoms with Gasteiger partial charge in [-0.2, -0.15) is 0 Å². The number of halogens is 2. The van der Waals surface area contributed by atoms with Gasteiger partial charge in [-0.15, -0.1) is 0 Å². The van der Waals surface area contributed by atoms with E-state index in [-0.39, 0.29) is 11.4 Å². The lowest BCUT2D eigenvalue weighted by Crippen LogP contribution is -2.31. The third-order valence-electron chi connectivity index (χ3n) is 5.39. The number of benzene rings is 1. The van der Waals surface area contributed by atoms with Crippen LogP contribution >= 0.6 is 11.6 Å². The van der Waals surface area contributed by atoms with Gasteiger partial charge in [0.05, 0.1) is 23.3 Å². The minimum atomic E-state index is -1.18. The van der Waals surface area contributed by atoms with Gasteiger partial charge < -0.3 is 25.6 Å². The van der Waals surface area contributed by atoms with E-state index in [4.69, 9.17) is 17.3 Å². The zero-order valence-electron chi connectivity index (χ0n) is 14.2. The normalized spacial score (nSPS) is 26.6. The van der Waals surface area contributed by atoms with Crippen LogP contribution in [0.25, 0.3) is 11.0 Å². The maximum Gasteiger partial charge on any atom is 0.142 e. The quantitative estimate of drug-likeness (QED) is 0.549. The number of anilines is 1. The number of aromatic nitrogens is 2. The van der Waals surface area contributed by atoms with Crippen LogP contribution in [0.15, 0.2) is 42.7 Å². The Morgan fingerprint density at radius 2 is 2.00 bits per heavy atom. The molecule has 1 aromatic carbocycles. The number of nitrogens with two attached hydrogens (primary N) is 1. The average Bonchev–Trinajstić information content (AvgIpc) is 3.20. The summed E-state index contributed by atoms with van der Waals surface area (Å²) in [6, 6.07) is 7.01. The minimum absolute atomic E-state index is 0.0432. The molecule has 0 saturated heterocycles. The third kappa shape index (κ3) is 2.96. The fourth-order valence-electron chi connectivity index (χ4n) is 3.92. The Morgan fingerprint density at radius 3 is 2.74 bits per heavy atom. The van der Waals surface area contributed by atoms with Crippen molar-refractivity contribution in [2.75, 3.05) is 5.73 Å². The third-order valence-corrected chi connectivity index (χ3v) is 5.70. The minimum Gasteiger partial charge on any atom is -0.398 e. The highest BCUT2D eigenvalue weighted by Gasteiger charge is 2.46. The Kier molecular flexibility index (Phi) is 4.55. The number of hydrogen-bond donors (Lipinski definition) is 4. The first-order valence-corrected chi connectivity index (χ1v) is 8.96. The molecule has 8 heteroatoms. The molecule has 0 aliphatic heterocycles. The molecule has 3 aromatic rings. The predicted molar refractivity (Wildman–Crippen MR) is 99.7 cm³/mol. The molecule has 5 N–H and O–H groups in total. The number of nitrogen functional groups attached to an aromatic ring is 1. The first-order valence-electron chi connectivity index (χ1n) is 8.58. The van der Waals surface area contributed by atoms with Crippen molar-refractivity contribution in [3.63, 3.8) is 0 Å². The van der Waals surface area contributed by atoms with E-state index in [1.807, 2.05) is 0 Å². The molecule has 1 saturated carbocycles. The lowest BCUT2D eigenvalue weighted by Gasteiger charge is -2.22. The maximum atomic E-state index is 13.7. The second kappa shape index (κ2) is 6.76. The van der Waals surface area contributed by atoms with Gasteiger partial charge in [0.2, 0.25) is 0 Å². The fraction of sp³-hybridized carbons (Fsp3) is 0.316. The van der Waals surface area contributed by atoms with Crippen LogP contribution in [0, 0.1) is 11.7 Å². The van der Waals surface area contributed by atoms with Crippen molar-refractivity contribution < 1.29 is 19.7 Å². The van der Waals surface area contributed by atoms with Gasteiger partial charge in [0.1, 0.15) is 17.6 Å². The van der Waals surface area contributed by atoms with Crippen LogP contribution in [0.2, 0.25) is 5.02 Å². The number of nitrogens with zero attached hydrogens (tertiary/aromatic N) is 2. The number of fused-ring (bicyclic) bond motifs is 1. The predicted octanol–water partition coefficient (Wildman–Crippen LogP) is 2.43. The molecular formula is C19H19ClFN3O3. The van der Waals surface area contributed by atoms with Crippen molar-refractivity contribution in [2.24, 2.45) is 5.92 Å². The number of hydrogen-bond acceptors (Lipinski definition) is 5. The molecule has 0 radical (unpaired) electrons. The van der Waals surface area contributed by atoms with E-state index >= 15 is 0 Å². The Hall–Kier alpha value is -2.19. The summed E-state index contributed by atoms with van der Waals surface area (Å²) in [5.74, 6) is -1.32. The Morgan fingerprint density at radius 1 is 1.22 bits per heavy atom. The summed E-state index contributed by atoms with van der Waals surface area (Å²) >= 11 is 5.69. The van der Waals surface area contributed by atoms with E-state index in [0.29, 0.717) is 16.9 Å². The second-order valence-corrected chi connectivity index (χ2v) is 7.33. The highest BCUT2D eigenvalue weighted by atomic mass is 35.5. The average molecular weight is 392 g/mol. The molecule has 1 fully saturated rings. The second-order valence-electron chi connectivity index (χ2n) is 6.93. The van der Waals surface area contributed by atoms with Gasteiger partial charge >= 0.3 is 0 Å². The molecule has 4 rings (SSSR count). The van der Waals surface area contributed by atoms with Crippen LogP contribution in [0.3, 0.4) is 0 Å². The smallest absolute Gasteiger partial charge is 0.142 e. The van der Waals surface area contributed by atoms with Crippen molar-refractivity contribution in [3.05, 3.63) is 59.1 Å². The van der Waals surface area contributed by atoms with E-state index in [2.05, 4.69) is 4.98 Å². The molecule has 2 unspecified atom stereocenters. The van der Waals surface area contributed by atoms with E-state index < -0.39 is 36.1 Å². The summed E-state index contributed by atoms with van der Waals surface area (Å²) in [5, 5.41) is 32.5. The van der Waals surface area contributed by atoms with Crippen LogP contribution in [-0.2, 0) is 0 Å². The van der Waals surface area contributed by atoms with Crippen molar-refractivity contribution in [1.82, 2.24) is 9.55 Å².